The number of benzene rings is 1. The van der Waals surface area contributed by atoms with Crippen LogP contribution >= 0.6 is 0 Å². The third kappa shape index (κ3) is 2.29. The number of hydrogen-bond donors (Lipinski definition) is 1. The van der Waals surface area contributed by atoms with Gasteiger partial charge in [0.25, 0.3) is 0 Å². The molecule has 17 heavy (non-hydrogen) atoms. The van der Waals surface area contributed by atoms with E-state index in [2.05, 4.69) is 19.2 Å². The lowest BCUT2D eigenvalue weighted by Crippen LogP contribution is -2.31. The van der Waals surface area contributed by atoms with Crippen molar-refractivity contribution in [1.82, 2.24) is 5.32 Å². The van der Waals surface area contributed by atoms with Crippen LogP contribution in [0.25, 0.3) is 0 Å². The molecule has 0 saturated carbocycles. The van der Waals surface area contributed by atoms with Crippen molar-refractivity contribution in [3.8, 4) is 5.75 Å². The summed E-state index contributed by atoms with van der Waals surface area (Å²) in [6.45, 7) is 7.06. The van der Waals surface area contributed by atoms with Gasteiger partial charge in [-0.25, -0.2) is 4.39 Å². The zero-order valence-electron chi connectivity index (χ0n) is 10.7. The van der Waals surface area contributed by atoms with Crippen LogP contribution < -0.4 is 10.1 Å². The highest BCUT2D eigenvalue weighted by Gasteiger charge is 2.34. The number of hydrogen-bond acceptors (Lipinski definition) is 2. The van der Waals surface area contributed by atoms with E-state index in [-0.39, 0.29) is 18.0 Å². The van der Waals surface area contributed by atoms with Crippen LogP contribution in [0.5, 0.6) is 5.75 Å². The standard InChI is InChI=1S/C14H20FNO/c1-4-6-16-13-11-8-10(15)7-9(3)14(11)17-12(13)5-2/h7-8,12-13,16H,4-6H2,1-3H3. The second-order valence-corrected chi connectivity index (χ2v) is 4.64. The summed E-state index contributed by atoms with van der Waals surface area (Å²) in [6.07, 6.45) is 2.12. The summed E-state index contributed by atoms with van der Waals surface area (Å²) in [5.41, 5.74) is 1.86. The van der Waals surface area contributed by atoms with Gasteiger partial charge in [-0.2, -0.15) is 0 Å². The maximum Gasteiger partial charge on any atom is 0.127 e. The molecule has 0 saturated heterocycles. The molecule has 0 aromatic heterocycles. The lowest BCUT2D eigenvalue weighted by molar-refractivity contribution is 0.184. The summed E-state index contributed by atoms with van der Waals surface area (Å²) < 4.78 is 19.4. The van der Waals surface area contributed by atoms with Crippen LogP contribution in [-0.2, 0) is 0 Å². The van der Waals surface area contributed by atoms with Crippen molar-refractivity contribution in [2.45, 2.75) is 45.8 Å². The summed E-state index contributed by atoms with van der Waals surface area (Å²) in [6, 6.07) is 3.27. The average Bonchev–Trinajstić information content (AvgIpc) is 2.64. The smallest absolute Gasteiger partial charge is 0.127 e. The van der Waals surface area contributed by atoms with Gasteiger partial charge >= 0.3 is 0 Å². The van der Waals surface area contributed by atoms with E-state index < -0.39 is 0 Å². The lowest BCUT2D eigenvalue weighted by Gasteiger charge is -2.18. The van der Waals surface area contributed by atoms with Gasteiger partial charge in [-0.05, 0) is 44.0 Å². The fraction of sp³-hybridized carbons (Fsp3) is 0.571. The summed E-state index contributed by atoms with van der Waals surface area (Å²) in [7, 11) is 0. The molecule has 1 aromatic carbocycles. The van der Waals surface area contributed by atoms with E-state index in [0.29, 0.717) is 0 Å². The minimum absolute atomic E-state index is 0.122. The largest absolute Gasteiger partial charge is 0.488 e. The van der Waals surface area contributed by atoms with Crippen molar-refractivity contribution in [2.75, 3.05) is 6.54 Å². The van der Waals surface area contributed by atoms with Crippen LogP contribution in [0.4, 0.5) is 4.39 Å². The van der Waals surface area contributed by atoms with E-state index in [0.717, 1.165) is 36.3 Å². The predicted octanol–water partition coefficient (Wildman–Crippen LogP) is 3.35. The van der Waals surface area contributed by atoms with Crippen LogP contribution in [0.15, 0.2) is 12.1 Å². The maximum atomic E-state index is 13.5. The van der Waals surface area contributed by atoms with Gasteiger partial charge in [-0.3, -0.25) is 0 Å². The van der Waals surface area contributed by atoms with Gasteiger partial charge in [0, 0.05) is 5.56 Å². The Morgan fingerprint density at radius 3 is 2.76 bits per heavy atom. The normalized spacial score (nSPS) is 22.4. The van der Waals surface area contributed by atoms with Crippen LogP contribution in [0, 0.1) is 12.7 Å². The van der Waals surface area contributed by atoms with Gasteiger partial charge in [0.1, 0.15) is 17.7 Å². The molecule has 2 unspecified atom stereocenters. The molecule has 0 aliphatic carbocycles. The first-order valence-electron chi connectivity index (χ1n) is 6.37. The molecule has 2 nitrogen and oxygen atoms in total. The molecule has 94 valence electrons. The predicted molar refractivity (Wildman–Crippen MR) is 66.9 cm³/mol. The number of nitrogens with one attached hydrogen (secondary N) is 1. The van der Waals surface area contributed by atoms with Gasteiger partial charge in [0.15, 0.2) is 0 Å². The molecule has 2 rings (SSSR count). The van der Waals surface area contributed by atoms with Crippen molar-refractivity contribution >= 4 is 0 Å². The maximum absolute atomic E-state index is 13.5. The van der Waals surface area contributed by atoms with Crippen molar-refractivity contribution in [1.29, 1.82) is 0 Å². The molecule has 1 aromatic rings. The third-order valence-electron chi connectivity index (χ3n) is 3.26. The van der Waals surface area contributed by atoms with Gasteiger partial charge in [0.05, 0.1) is 6.04 Å². The van der Waals surface area contributed by atoms with Crippen molar-refractivity contribution in [2.24, 2.45) is 0 Å². The Bertz CT molecular complexity index is 405. The zero-order chi connectivity index (χ0) is 12.4. The molecule has 0 spiro atoms. The molecular weight excluding hydrogens is 217 g/mol. The zero-order valence-corrected chi connectivity index (χ0v) is 10.7. The summed E-state index contributed by atoms with van der Waals surface area (Å²) in [4.78, 5) is 0. The second-order valence-electron chi connectivity index (χ2n) is 4.64. The van der Waals surface area contributed by atoms with Crippen LogP contribution in [0.2, 0.25) is 0 Å². The molecule has 2 atom stereocenters. The van der Waals surface area contributed by atoms with Gasteiger partial charge in [-0.1, -0.05) is 13.8 Å². The lowest BCUT2D eigenvalue weighted by atomic mass is 10.00. The third-order valence-corrected chi connectivity index (χ3v) is 3.26. The fourth-order valence-corrected chi connectivity index (χ4v) is 2.43. The van der Waals surface area contributed by atoms with Gasteiger partial charge in [-0.15, -0.1) is 0 Å². The summed E-state index contributed by atoms with van der Waals surface area (Å²) in [5.74, 6) is 0.691. The molecule has 0 fully saturated rings. The first kappa shape index (κ1) is 12.4. The van der Waals surface area contributed by atoms with E-state index in [9.17, 15) is 4.39 Å². The summed E-state index contributed by atoms with van der Waals surface area (Å²) >= 11 is 0. The minimum atomic E-state index is -0.176. The Kier molecular flexibility index (Phi) is 3.67. The van der Waals surface area contributed by atoms with E-state index in [1.165, 1.54) is 6.07 Å². The van der Waals surface area contributed by atoms with Crippen molar-refractivity contribution in [3.63, 3.8) is 0 Å². The Hall–Kier alpha value is -1.09. The SMILES string of the molecule is CCCNC1c2cc(F)cc(C)c2OC1CC. The van der Waals surface area contributed by atoms with Crippen LogP contribution in [-0.4, -0.2) is 12.6 Å². The molecule has 0 bridgehead atoms. The first-order chi connectivity index (χ1) is 8.17. The monoisotopic (exact) mass is 237 g/mol. The Balaban J connectivity index is 2.33. The average molecular weight is 237 g/mol. The highest BCUT2D eigenvalue weighted by atomic mass is 19.1. The molecule has 3 heteroatoms. The number of fused-ring (bicyclic) bond motifs is 1. The molecule has 1 N–H and O–H groups in total. The molecule has 1 aliphatic heterocycles. The molecule has 1 heterocycles. The first-order valence-corrected chi connectivity index (χ1v) is 6.37. The van der Waals surface area contributed by atoms with Crippen LogP contribution in [0.1, 0.15) is 43.9 Å². The summed E-state index contributed by atoms with van der Waals surface area (Å²) in [5, 5.41) is 3.45. The Morgan fingerprint density at radius 2 is 2.12 bits per heavy atom. The minimum Gasteiger partial charge on any atom is -0.488 e. The molecule has 1 aliphatic rings. The number of aryl methyl sites for hydroxylation is 1. The Morgan fingerprint density at radius 1 is 1.35 bits per heavy atom. The number of rotatable bonds is 4. The topological polar surface area (TPSA) is 21.3 Å². The number of ether oxygens (including phenoxy) is 1. The number of halogens is 1. The van der Waals surface area contributed by atoms with Crippen LogP contribution in [0.3, 0.4) is 0 Å². The van der Waals surface area contributed by atoms with E-state index >= 15 is 0 Å². The van der Waals surface area contributed by atoms with E-state index in [1.54, 1.807) is 6.07 Å². The van der Waals surface area contributed by atoms with E-state index in [1.807, 2.05) is 6.92 Å². The molecule has 0 radical (unpaired) electrons. The van der Waals surface area contributed by atoms with Crippen molar-refractivity contribution < 1.29 is 9.13 Å². The quantitative estimate of drug-likeness (QED) is 0.867. The highest BCUT2D eigenvalue weighted by Crippen LogP contribution is 2.40. The second kappa shape index (κ2) is 5.05. The van der Waals surface area contributed by atoms with Crippen molar-refractivity contribution in [3.05, 3.63) is 29.1 Å². The fourth-order valence-electron chi connectivity index (χ4n) is 2.43. The molecule has 0 amide bonds. The Labute approximate surface area is 102 Å². The highest BCUT2D eigenvalue weighted by molar-refractivity contribution is 5.46. The van der Waals surface area contributed by atoms with Gasteiger partial charge < -0.3 is 10.1 Å². The van der Waals surface area contributed by atoms with Gasteiger partial charge in [0.2, 0.25) is 0 Å². The van der Waals surface area contributed by atoms with E-state index in [4.69, 9.17) is 4.74 Å². The molecular formula is C14H20FNO.